The number of carbonyl (C=O) groups excluding carboxylic acids is 3. The van der Waals surface area contributed by atoms with Crippen LogP contribution in [0.15, 0.2) is 29.3 Å². The molecule has 0 radical (unpaired) electrons. The molecule has 1 rings (SSSR count). The third kappa shape index (κ3) is 14.3. The molecule has 13 N–H and O–H groups in total. The molecule has 0 aliphatic carbocycles. The summed E-state index contributed by atoms with van der Waals surface area (Å²) in [6, 6.07) is 1.77. The number of unbranched alkanes of at least 4 members (excludes halogenated alkanes) is 1. The molecular formula is C27H46N8O6. The number of aliphatic carboxylic acids is 1. The Hall–Kier alpha value is -3.91. The number of hydrogen-bond acceptors (Lipinski definition) is 8. The second-order valence-corrected chi connectivity index (χ2v) is 10.4. The van der Waals surface area contributed by atoms with Crippen LogP contribution in [0.4, 0.5) is 0 Å². The topological polar surface area (TPSA) is 261 Å². The number of aromatic hydroxyl groups is 1. The van der Waals surface area contributed by atoms with Gasteiger partial charge in [-0.2, -0.15) is 0 Å². The Kier molecular flexibility index (Phi) is 15.8. The van der Waals surface area contributed by atoms with Crippen molar-refractivity contribution in [2.24, 2.45) is 33.8 Å². The Bertz CT molecular complexity index is 1010. The molecule has 1 aromatic carbocycles. The third-order valence-electron chi connectivity index (χ3n) is 6.21. The van der Waals surface area contributed by atoms with Gasteiger partial charge in [-0.25, -0.2) is 4.79 Å². The first-order valence-corrected chi connectivity index (χ1v) is 13.8. The zero-order valence-electron chi connectivity index (χ0n) is 23.8. The van der Waals surface area contributed by atoms with E-state index in [1.165, 1.54) is 12.1 Å². The molecule has 41 heavy (non-hydrogen) atoms. The second kappa shape index (κ2) is 18.4. The monoisotopic (exact) mass is 578 g/mol. The number of guanidine groups is 1. The number of hydrogen-bond donors (Lipinski definition) is 9. The lowest BCUT2D eigenvalue weighted by Crippen LogP contribution is -2.57. The van der Waals surface area contributed by atoms with Crippen LogP contribution in [0.3, 0.4) is 0 Å². The molecule has 4 atom stereocenters. The van der Waals surface area contributed by atoms with Crippen molar-refractivity contribution < 1.29 is 29.4 Å². The van der Waals surface area contributed by atoms with Gasteiger partial charge < -0.3 is 49.1 Å². The quantitative estimate of drug-likeness (QED) is 0.0551. The minimum absolute atomic E-state index is 0.00543. The summed E-state index contributed by atoms with van der Waals surface area (Å²) in [5.41, 5.74) is 22.8. The number of phenols is 1. The fraction of sp³-hybridized carbons (Fsp3) is 0.593. The van der Waals surface area contributed by atoms with E-state index >= 15 is 0 Å². The molecule has 230 valence electrons. The zero-order valence-corrected chi connectivity index (χ0v) is 23.8. The Labute approximate surface area is 240 Å². The van der Waals surface area contributed by atoms with E-state index < -0.39 is 47.9 Å². The van der Waals surface area contributed by atoms with Gasteiger partial charge in [0, 0.05) is 13.0 Å². The largest absolute Gasteiger partial charge is 0.508 e. The zero-order chi connectivity index (χ0) is 30.9. The lowest BCUT2D eigenvalue weighted by atomic mass is 10.0. The van der Waals surface area contributed by atoms with Gasteiger partial charge in [0.2, 0.25) is 17.7 Å². The highest BCUT2D eigenvalue weighted by Gasteiger charge is 2.30. The Morgan fingerprint density at radius 1 is 0.854 bits per heavy atom. The van der Waals surface area contributed by atoms with Gasteiger partial charge in [-0.15, -0.1) is 0 Å². The van der Waals surface area contributed by atoms with Crippen molar-refractivity contribution in [1.82, 2.24) is 16.0 Å². The summed E-state index contributed by atoms with van der Waals surface area (Å²) in [6.07, 6.45) is 2.18. The van der Waals surface area contributed by atoms with E-state index in [2.05, 4.69) is 20.9 Å². The van der Waals surface area contributed by atoms with Crippen molar-refractivity contribution >= 4 is 29.7 Å². The summed E-state index contributed by atoms with van der Waals surface area (Å²) in [5.74, 6) is -3.04. The van der Waals surface area contributed by atoms with E-state index in [-0.39, 0.29) is 49.9 Å². The van der Waals surface area contributed by atoms with Gasteiger partial charge in [0.1, 0.15) is 23.9 Å². The van der Waals surface area contributed by atoms with Crippen LogP contribution in [0.1, 0.15) is 57.9 Å². The number of nitrogens with one attached hydrogen (secondary N) is 3. The van der Waals surface area contributed by atoms with Crippen LogP contribution in [0.25, 0.3) is 0 Å². The predicted octanol–water partition coefficient (Wildman–Crippen LogP) is -0.970. The summed E-state index contributed by atoms with van der Waals surface area (Å²) < 4.78 is 0. The molecule has 0 heterocycles. The molecule has 0 saturated carbocycles. The van der Waals surface area contributed by atoms with Crippen LogP contribution < -0.4 is 38.9 Å². The number of rotatable bonds is 19. The van der Waals surface area contributed by atoms with E-state index in [0.29, 0.717) is 31.4 Å². The molecule has 0 aliphatic rings. The first kappa shape index (κ1) is 35.1. The normalized spacial score (nSPS) is 13.9. The maximum atomic E-state index is 13.4. The molecule has 14 heteroatoms. The highest BCUT2D eigenvalue weighted by Crippen LogP contribution is 2.13. The number of carboxylic acids is 1. The Balaban J connectivity index is 3.14. The molecule has 1 aromatic rings. The van der Waals surface area contributed by atoms with Crippen LogP contribution in [0.2, 0.25) is 0 Å². The SMILES string of the molecule is CC(C)CC(N)C(=O)NC(CCCCN)C(=O)NC(Cc1ccc(O)cc1)C(=O)NC(CCCN=C(N)N)C(=O)O. The van der Waals surface area contributed by atoms with Gasteiger partial charge in [-0.1, -0.05) is 26.0 Å². The lowest BCUT2D eigenvalue weighted by molar-refractivity contribution is -0.142. The van der Waals surface area contributed by atoms with Crippen LogP contribution in [-0.4, -0.2) is 77.1 Å². The molecule has 0 bridgehead atoms. The summed E-state index contributed by atoms with van der Waals surface area (Å²) in [6.45, 7) is 4.44. The smallest absolute Gasteiger partial charge is 0.326 e. The molecule has 3 amide bonds. The molecular weight excluding hydrogens is 532 g/mol. The number of aliphatic imine (C=N–C) groups is 1. The van der Waals surface area contributed by atoms with Gasteiger partial charge in [0.15, 0.2) is 5.96 Å². The number of benzene rings is 1. The summed E-state index contributed by atoms with van der Waals surface area (Å²) >= 11 is 0. The number of nitrogens with two attached hydrogens (primary N) is 4. The fourth-order valence-corrected chi connectivity index (χ4v) is 4.04. The summed E-state index contributed by atoms with van der Waals surface area (Å²) in [4.78, 5) is 55.1. The van der Waals surface area contributed by atoms with Gasteiger partial charge in [-0.05, 0) is 68.7 Å². The van der Waals surface area contributed by atoms with Crippen molar-refractivity contribution in [2.75, 3.05) is 13.1 Å². The maximum absolute atomic E-state index is 13.4. The predicted molar refractivity (Wildman–Crippen MR) is 155 cm³/mol. The third-order valence-corrected chi connectivity index (χ3v) is 6.21. The number of nitrogens with zero attached hydrogens (tertiary/aromatic N) is 1. The second-order valence-electron chi connectivity index (χ2n) is 10.4. The van der Waals surface area contributed by atoms with Crippen LogP contribution in [-0.2, 0) is 25.6 Å². The average molecular weight is 579 g/mol. The molecule has 0 aliphatic heterocycles. The molecule has 14 nitrogen and oxygen atoms in total. The maximum Gasteiger partial charge on any atom is 0.326 e. The van der Waals surface area contributed by atoms with Crippen LogP contribution in [0, 0.1) is 5.92 Å². The van der Waals surface area contributed by atoms with E-state index in [1.54, 1.807) is 12.1 Å². The fourth-order valence-electron chi connectivity index (χ4n) is 4.04. The average Bonchev–Trinajstić information content (AvgIpc) is 2.89. The number of phenolic OH excluding ortho intramolecular Hbond substituents is 1. The van der Waals surface area contributed by atoms with Gasteiger partial charge >= 0.3 is 5.97 Å². The summed E-state index contributed by atoms with van der Waals surface area (Å²) in [5, 5.41) is 27.1. The van der Waals surface area contributed by atoms with E-state index in [1.807, 2.05) is 13.8 Å². The number of carbonyl (C=O) groups is 4. The summed E-state index contributed by atoms with van der Waals surface area (Å²) in [7, 11) is 0. The number of carboxylic acid groups (broad SMARTS) is 1. The van der Waals surface area contributed by atoms with Crippen LogP contribution >= 0.6 is 0 Å². The molecule has 0 aromatic heterocycles. The van der Waals surface area contributed by atoms with Crippen molar-refractivity contribution in [2.45, 2.75) is 83.0 Å². The molecule has 0 saturated heterocycles. The Morgan fingerprint density at radius 3 is 1.98 bits per heavy atom. The highest BCUT2D eigenvalue weighted by atomic mass is 16.4. The standard InChI is InChI=1S/C27H46N8O6/c1-16(2)14-19(29)23(37)33-20(6-3-4-12-28)24(38)35-22(15-17-8-10-18(36)11-9-17)25(39)34-21(26(40)41)7-5-13-32-27(30)31/h8-11,16,19-22,36H,3-7,12-15,28-29H2,1-2H3,(H,33,37)(H,34,39)(H,35,38)(H,40,41)(H4,30,31,32). The molecule has 4 unspecified atom stereocenters. The van der Waals surface area contributed by atoms with Crippen LogP contribution in [0.5, 0.6) is 5.75 Å². The van der Waals surface area contributed by atoms with Gasteiger partial charge in [0.25, 0.3) is 0 Å². The van der Waals surface area contributed by atoms with Crippen molar-refractivity contribution in [1.29, 1.82) is 0 Å². The lowest BCUT2D eigenvalue weighted by Gasteiger charge is -2.25. The first-order chi connectivity index (χ1) is 19.3. The highest BCUT2D eigenvalue weighted by molar-refractivity contribution is 5.94. The van der Waals surface area contributed by atoms with E-state index in [4.69, 9.17) is 22.9 Å². The van der Waals surface area contributed by atoms with Crippen molar-refractivity contribution in [3.05, 3.63) is 29.8 Å². The van der Waals surface area contributed by atoms with Gasteiger partial charge in [-0.3, -0.25) is 19.4 Å². The van der Waals surface area contributed by atoms with E-state index in [9.17, 15) is 29.4 Å². The van der Waals surface area contributed by atoms with Gasteiger partial charge in [0.05, 0.1) is 6.04 Å². The molecule has 0 spiro atoms. The van der Waals surface area contributed by atoms with Crippen molar-refractivity contribution in [3.63, 3.8) is 0 Å². The molecule has 0 fully saturated rings. The van der Waals surface area contributed by atoms with E-state index in [0.717, 1.165) is 0 Å². The number of amides is 3. The minimum Gasteiger partial charge on any atom is -0.508 e. The van der Waals surface area contributed by atoms with Crippen molar-refractivity contribution in [3.8, 4) is 5.75 Å². The minimum atomic E-state index is -1.26. The Morgan fingerprint density at radius 2 is 1.41 bits per heavy atom. The first-order valence-electron chi connectivity index (χ1n) is 13.8.